The summed E-state index contributed by atoms with van der Waals surface area (Å²) in [5.74, 6) is 0.713. The number of rotatable bonds is 4. The number of hydrogen-bond acceptors (Lipinski definition) is 3. The van der Waals surface area contributed by atoms with E-state index in [1.54, 1.807) is 12.1 Å². The summed E-state index contributed by atoms with van der Waals surface area (Å²) >= 11 is 6.06. The Labute approximate surface area is 139 Å². The summed E-state index contributed by atoms with van der Waals surface area (Å²) in [4.78, 5) is 14.8. The molecule has 23 heavy (non-hydrogen) atoms. The van der Waals surface area contributed by atoms with Crippen molar-refractivity contribution in [2.75, 3.05) is 27.2 Å². The molecule has 2 aromatic carbocycles. The summed E-state index contributed by atoms with van der Waals surface area (Å²) in [6, 6.07) is 11.0. The second-order valence-electron chi connectivity index (χ2n) is 5.88. The van der Waals surface area contributed by atoms with E-state index in [1.807, 2.05) is 50.0 Å². The van der Waals surface area contributed by atoms with E-state index in [0.29, 0.717) is 28.2 Å². The first-order chi connectivity index (χ1) is 11.0. The first-order valence-electron chi connectivity index (χ1n) is 7.47. The van der Waals surface area contributed by atoms with Crippen LogP contribution in [0.3, 0.4) is 0 Å². The minimum absolute atomic E-state index is 0.00262. The fraction of sp³-hybridized carbons (Fsp3) is 0.278. The molecule has 1 aromatic heterocycles. The average Bonchev–Trinajstić information content (AvgIpc) is 2.52. The van der Waals surface area contributed by atoms with Crippen LogP contribution in [0.15, 0.2) is 41.2 Å². The van der Waals surface area contributed by atoms with E-state index < -0.39 is 0 Å². The first kappa shape index (κ1) is 15.8. The third-order valence-electron chi connectivity index (χ3n) is 3.95. The smallest absolute Gasteiger partial charge is 0.197 e. The van der Waals surface area contributed by atoms with Crippen molar-refractivity contribution in [3.63, 3.8) is 0 Å². The Morgan fingerprint density at radius 3 is 2.61 bits per heavy atom. The molecular weight excluding hydrogens is 312 g/mol. The van der Waals surface area contributed by atoms with E-state index in [0.717, 1.165) is 17.6 Å². The first-order valence-corrected chi connectivity index (χ1v) is 7.85. The molecule has 0 aliphatic carbocycles. The number of likely N-dealkylation sites (N-methyl/N-ethyl adjacent to an activating group) is 1. The highest BCUT2D eigenvalue weighted by Crippen LogP contribution is 2.24. The van der Waals surface area contributed by atoms with Gasteiger partial charge in [-0.05, 0) is 50.5 Å². The lowest BCUT2D eigenvalue weighted by Gasteiger charge is -2.13. The van der Waals surface area contributed by atoms with Crippen LogP contribution in [0.1, 0.15) is 0 Å². The number of ether oxygens (including phenoxy) is 1. The molecule has 0 aliphatic heterocycles. The number of aromatic nitrogens is 1. The number of pyridine rings is 1. The molecule has 0 saturated heterocycles. The van der Waals surface area contributed by atoms with Gasteiger partial charge in [-0.2, -0.15) is 0 Å². The Bertz CT molecular complexity index is 932. The van der Waals surface area contributed by atoms with Gasteiger partial charge in [-0.3, -0.25) is 4.79 Å². The molecule has 3 aromatic rings. The van der Waals surface area contributed by atoms with E-state index in [2.05, 4.69) is 4.90 Å². The molecule has 0 spiro atoms. The van der Waals surface area contributed by atoms with Gasteiger partial charge >= 0.3 is 0 Å². The van der Waals surface area contributed by atoms with Crippen LogP contribution >= 0.6 is 11.6 Å². The van der Waals surface area contributed by atoms with Crippen LogP contribution in [-0.4, -0.2) is 36.7 Å². The Balaban J connectivity index is 2.12. The van der Waals surface area contributed by atoms with Gasteiger partial charge in [-0.15, -0.1) is 0 Å². The number of fused-ring (bicyclic) bond motifs is 2. The van der Waals surface area contributed by atoms with E-state index >= 15 is 0 Å². The predicted molar refractivity (Wildman–Crippen MR) is 95.8 cm³/mol. The molecule has 0 unspecified atom stereocenters. The zero-order valence-corrected chi connectivity index (χ0v) is 14.2. The topological polar surface area (TPSA) is 34.5 Å². The lowest BCUT2D eigenvalue weighted by Crippen LogP contribution is -2.19. The third kappa shape index (κ3) is 3.05. The monoisotopic (exact) mass is 330 g/mol. The minimum Gasteiger partial charge on any atom is -0.492 e. The summed E-state index contributed by atoms with van der Waals surface area (Å²) in [7, 11) is 5.93. The van der Waals surface area contributed by atoms with Gasteiger partial charge in [0.2, 0.25) is 0 Å². The van der Waals surface area contributed by atoms with E-state index in [9.17, 15) is 4.79 Å². The highest BCUT2D eigenvalue weighted by molar-refractivity contribution is 6.31. The molecule has 0 amide bonds. The van der Waals surface area contributed by atoms with E-state index in [4.69, 9.17) is 16.3 Å². The molecule has 0 fully saturated rings. The maximum atomic E-state index is 12.8. The number of nitrogens with zero attached hydrogens (tertiary/aromatic N) is 2. The molecule has 0 aliphatic rings. The van der Waals surface area contributed by atoms with Gasteiger partial charge in [-0.1, -0.05) is 11.6 Å². The largest absolute Gasteiger partial charge is 0.492 e. The fourth-order valence-corrected chi connectivity index (χ4v) is 2.84. The Morgan fingerprint density at radius 1 is 1.09 bits per heavy atom. The quantitative estimate of drug-likeness (QED) is 0.688. The van der Waals surface area contributed by atoms with Crippen LogP contribution in [0, 0.1) is 0 Å². The van der Waals surface area contributed by atoms with Crippen molar-refractivity contribution in [2.24, 2.45) is 7.05 Å². The summed E-state index contributed by atoms with van der Waals surface area (Å²) in [5, 5.41) is 1.94. The summed E-state index contributed by atoms with van der Waals surface area (Å²) in [5.41, 5.74) is 1.70. The fourth-order valence-electron chi connectivity index (χ4n) is 2.67. The van der Waals surface area contributed by atoms with Crippen molar-refractivity contribution in [3.05, 3.63) is 51.6 Å². The highest BCUT2D eigenvalue weighted by Gasteiger charge is 2.10. The molecule has 0 saturated carbocycles. The molecule has 120 valence electrons. The van der Waals surface area contributed by atoms with Crippen LogP contribution in [0.5, 0.6) is 5.75 Å². The molecule has 5 heteroatoms. The number of halogens is 1. The predicted octanol–water partition coefficient (Wildman–Crippen LogP) is 3.29. The second kappa shape index (κ2) is 6.22. The number of hydrogen-bond donors (Lipinski definition) is 0. The normalized spacial score (nSPS) is 11.5. The van der Waals surface area contributed by atoms with Crippen LogP contribution in [0.4, 0.5) is 0 Å². The molecule has 1 heterocycles. The van der Waals surface area contributed by atoms with E-state index in [1.165, 1.54) is 0 Å². The van der Waals surface area contributed by atoms with Gasteiger partial charge in [0.1, 0.15) is 12.4 Å². The molecule has 3 rings (SSSR count). The summed E-state index contributed by atoms with van der Waals surface area (Å²) in [6.45, 7) is 1.41. The van der Waals surface area contributed by atoms with Crippen LogP contribution in [-0.2, 0) is 7.05 Å². The van der Waals surface area contributed by atoms with Gasteiger partial charge in [0, 0.05) is 29.4 Å². The summed E-state index contributed by atoms with van der Waals surface area (Å²) < 4.78 is 7.73. The van der Waals surface area contributed by atoms with Crippen molar-refractivity contribution in [1.82, 2.24) is 9.47 Å². The molecule has 0 N–H and O–H groups in total. The number of aryl methyl sites for hydroxylation is 1. The van der Waals surface area contributed by atoms with Crippen molar-refractivity contribution in [1.29, 1.82) is 0 Å². The Hall–Kier alpha value is -2.04. The van der Waals surface area contributed by atoms with Crippen molar-refractivity contribution in [2.45, 2.75) is 0 Å². The van der Waals surface area contributed by atoms with Crippen LogP contribution < -0.4 is 10.2 Å². The van der Waals surface area contributed by atoms with Crippen molar-refractivity contribution < 1.29 is 4.74 Å². The van der Waals surface area contributed by atoms with Gasteiger partial charge < -0.3 is 14.2 Å². The lowest BCUT2D eigenvalue weighted by atomic mass is 10.1. The van der Waals surface area contributed by atoms with Crippen LogP contribution in [0.25, 0.3) is 21.8 Å². The van der Waals surface area contributed by atoms with Gasteiger partial charge in [-0.25, -0.2) is 0 Å². The van der Waals surface area contributed by atoms with E-state index in [-0.39, 0.29) is 5.43 Å². The minimum atomic E-state index is 0.00262. The molecular formula is C18H19ClN2O2. The average molecular weight is 331 g/mol. The standard InChI is InChI=1S/C18H19ClN2O2/c1-20(2)8-9-23-13-5-7-16-15(11-13)18(22)14-6-4-12(19)10-17(14)21(16)3/h4-7,10-11H,8-9H2,1-3H3. The summed E-state index contributed by atoms with van der Waals surface area (Å²) in [6.07, 6.45) is 0. The zero-order valence-electron chi connectivity index (χ0n) is 13.5. The SMILES string of the molecule is CN(C)CCOc1ccc2c(c1)c(=O)c1ccc(Cl)cc1n2C. The zero-order chi connectivity index (χ0) is 16.6. The van der Waals surface area contributed by atoms with Crippen LogP contribution in [0.2, 0.25) is 5.02 Å². The van der Waals surface area contributed by atoms with Gasteiger partial charge in [0.15, 0.2) is 5.43 Å². The second-order valence-corrected chi connectivity index (χ2v) is 6.32. The molecule has 0 bridgehead atoms. The molecule has 4 nitrogen and oxygen atoms in total. The van der Waals surface area contributed by atoms with Gasteiger partial charge in [0.05, 0.1) is 11.0 Å². The Kier molecular flexibility index (Phi) is 4.28. The number of benzene rings is 2. The third-order valence-corrected chi connectivity index (χ3v) is 4.18. The highest BCUT2D eigenvalue weighted by atomic mass is 35.5. The van der Waals surface area contributed by atoms with Gasteiger partial charge in [0.25, 0.3) is 0 Å². The lowest BCUT2D eigenvalue weighted by molar-refractivity contribution is 0.261. The molecule has 0 radical (unpaired) electrons. The Morgan fingerprint density at radius 2 is 1.87 bits per heavy atom. The maximum Gasteiger partial charge on any atom is 0.197 e. The maximum absolute atomic E-state index is 12.8. The van der Waals surface area contributed by atoms with Crippen molar-refractivity contribution in [3.8, 4) is 5.75 Å². The van der Waals surface area contributed by atoms with Crippen molar-refractivity contribution >= 4 is 33.4 Å². The molecule has 0 atom stereocenters.